The number of halogens is 1. The summed E-state index contributed by atoms with van der Waals surface area (Å²) in [5.41, 5.74) is 1.88. The fraction of sp³-hybridized carbons (Fsp3) is 0.300. The minimum absolute atomic E-state index is 0.375. The predicted molar refractivity (Wildman–Crippen MR) is 69.6 cm³/mol. The smallest absolute Gasteiger partial charge is 0.0794 e. The highest BCUT2D eigenvalue weighted by atomic mass is 79.9. The average molecular weight is 303 g/mol. The van der Waals surface area contributed by atoms with Crippen molar-refractivity contribution in [2.75, 3.05) is 7.05 Å². The molecule has 5 heteroatoms. The summed E-state index contributed by atoms with van der Waals surface area (Å²) in [6.45, 7) is 0. The van der Waals surface area contributed by atoms with Crippen LogP contribution in [-0.4, -0.2) is 12.0 Å². The first-order chi connectivity index (χ1) is 7.31. The molecule has 2 aromatic heterocycles. The largest absolute Gasteiger partial charge is 0.312 e. The van der Waals surface area contributed by atoms with Crippen molar-refractivity contribution in [2.24, 2.45) is 0 Å². The van der Waals surface area contributed by atoms with E-state index in [1.165, 1.54) is 14.2 Å². The second kappa shape index (κ2) is 5.21. The zero-order valence-corrected chi connectivity index (χ0v) is 11.5. The molecule has 0 fully saturated rings. The number of thiophene rings is 1. The Hall–Kier alpha value is -0.230. The van der Waals surface area contributed by atoms with Crippen molar-refractivity contribution in [2.45, 2.75) is 12.5 Å². The maximum Gasteiger partial charge on any atom is 0.0794 e. The molecule has 0 aromatic carbocycles. The van der Waals surface area contributed by atoms with Gasteiger partial charge in [0.05, 0.1) is 5.51 Å². The zero-order chi connectivity index (χ0) is 10.7. The van der Waals surface area contributed by atoms with Crippen LogP contribution in [0.4, 0.5) is 0 Å². The van der Waals surface area contributed by atoms with E-state index < -0.39 is 0 Å². The van der Waals surface area contributed by atoms with Gasteiger partial charge in [0.25, 0.3) is 0 Å². The molecule has 1 N–H and O–H groups in total. The van der Waals surface area contributed by atoms with Gasteiger partial charge >= 0.3 is 0 Å². The Morgan fingerprint density at radius 2 is 2.40 bits per heavy atom. The molecule has 0 saturated carbocycles. The van der Waals surface area contributed by atoms with E-state index in [-0.39, 0.29) is 0 Å². The lowest BCUT2D eigenvalue weighted by Crippen LogP contribution is -2.17. The van der Waals surface area contributed by atoms with E-state index >= 15 is 0 Å². The summed E-state index contributed by atoms with van der Waals surface area (Å²) in [4.78, 5) is 6.76. The van der Waals surface area contributed by atoms with Crippen LogP contribution in [0.2, 0.25) is 0 Å². The third kappa shape index (κ3) is 2.66. The Bertz CT molecular complexity index is 411. The van der Waals surface area contributed by atoms with Gasteiger partial charge in [-0.2, -0.15) is 0 Å². The van der Waals surface area contributed by atoms with Crippen molar-refractivity contribution in [1.29, 1.82) is 0 Å². The topological polar surface area (TPSA) is 24.9 Å². The molecule has 0 amide bonds. The fourth-order valence-corrected chi connectivity index (χ4v) is 3.83. The maximum atomic E-state index is 4.10. The molecule has 2 heterocycles. The van der Waals surface area contributed by atoms with Crippen LogP contribution in [0.5, 0.6) is 0 Å². The second-order valence-electron chi connectivity index (χ2n) is 3.15. The Balaban J connectivity index is 2.15. The highest BCUT2D eigenvalue weighted by Gasteiger charge is 2.15. The zero-order valence-electron chi connectivity index (χ0n) is 8.24. The molecule has 1 atom stereocenters. The van der Waals surface area contributed by atoms with Crippen molar-refractivity contribution >= 4 is 38.6 Å². The van der Waals surface area contributed by atoms with E-state index in [2.05, 4.69) is 37.7 Å². The van der Waals surface area contributed by atoms with Crippen LogP contribution in [0.25, 0.3) is 0 Å². The number of nitrogens with one attached hydrogen (secondary N) is 1. The molecule has 80 valence electrons. The standard InChI is InChI=1S/C10H11BrN2S2/c1-12-9(4-7-5-13-6-15-7)10-8(11)2-3-14-10/h2-3,5-6,9,12H,4H2,1H3. The van der Waals surface area contributed by atoms with Gasteiger partial charge in [-0.05, 0) is 34.4 Å². The van der Waals surface area contributed by atoms with E-state index in [4.69, 9.17) is 0 Å². The van der Waals surface area contributed by atoms with E-state index in [1.54, 1.807) is 22.7 Å². The number of rotatable bonds is 4. The van der Waals surface area contributed by atoms with E-state index in [0.717, 1.165) is 6.42 Å². The minimum Gasteiger partial charge on any atom is -0.312 e. The lowest BCUT2D eigenvalue weighted by atomic mass is 10.1. The van der Waals surface area contributed by atoms with Crippen LogP contribution in [0.1, 0.15) is 15.8 Å². The highest BCUT2D eigenvalue weighted by Crippen LogP contribution is 2.31. The number of aromatic nitrogens is 1. The van der Waals surface area contributed by atoms with Gasteiger partial charge in [-0.1, -0.05) is 0 Å². The first kappa shape index (κ1) is 11.3. The molecule has 0 bridgehead atoms. The van der Waals surface area contributed by atoms with Crippen LogP contribution >= 0.6 is 38.6 Å². The van der Waals surface area contributed by atoms with Gasteiger partial charge in [0, 0.05) is 32.9 Å². The summed E-state index contributed by atoms with van der Waals surface area (Å²) in [6.07, 6.45) is 2.94. The molecule has 0 aliphatic heterocycles. The van der Waals surface area contributed by atoms with Crippen LogP contribution in [0.15, 0.2) is 27.6 Å². The van der Waals surface area contributed by atoms with Crippen LogP contribution in [0.3, 0.4) is 0 Å². The number of likely N-dealkylation sites (N-methyl/N-ethyl adjacent to an activating group) is 1. The number of nitrogens with zero attached hydrogens (tertiary/aromatic N) is 1. The summed E-state index contributed by atoms with van der Waals surface area (Å²) in [5, 5.41) is 5.45. The molecular formula is C10H11BrN2S2. The first-order valence-electron chi connectivity index (χ1n) is 4.58. The van der Waals surface area contributed by atoms with Crippen LogP contribution < -0.4 is 5.32 Å². The number of hydrogen-bond acceptors (Lipinski definition) is 4. The minimum atomic E-state index is 0.375. The monoisotopic (exact) mass is 302 g/mol. The molecule has 2 nitrogen and oxygen atoms in total. The maximum absolute atomic E-state index is 4.10. The molecule has 0 saturated heterocycles. The lowest BCUT2D eigenvalue weighted by Gasteiger charge is -2.13. The Labute approximate surface area is 106 Å². The molecule has 1 unspecified atom stereocenters. The van der Waals surface area contributed by atoms with Crippen molar-refractivity contribution in [3.05, 3.63) is 37.4 Å². The molecule has 0 radical (unpaired) electrons. The van der Waals surface area contributed by atoms with Crippen molar-refractivity contribution < 1.29 is 0 Å². The predicted octanol–water partition coefficient (Wildman–Crippen LogP) is 3.47. The normalized spacial score (nSPS) is 12.9. The van der Waals surface area contributed by atoms with Gasteiger partial charge in [0.15, 0.2) is 0 Å². The SMILES string of the molecule is CNC(Cc1cncs1)c1sccc1Br. The van der Waals surface area contributed by atoms with Crippen LogP contribution in [0, 0.1) is 0 Å². The summed E-state index contributed by atoms with van der Waals surface area (Å²) in [6, 6.07) is 2.47. The molecule has 2 aromatic rings. The molecule has 2 rings (SSSR count). The third-order valence-electron chi connectivity index (χ3n) is 2.20. The van der Waals surface area contributed by atoms with Crippen molar-refractivity contribution in [3.8, 4) is 0 Å². The van der Waals surface area contributed by atoms with Crippen molar-refractivity contribution in [3.63, 3.8) is 0 Å². The summed E-state index contributed by atoms with van der Waals surface area (Å²) < 4.78 is 1.19. The first-order valence-corrected chi connectivity index (χ1v) is 7.14. The van der Waals surface area contributed by atoms with E-state index in [0.29, 0.717) is 6.04 Å². The molecule has 0 spiro atoms. The third-order valence-corrected chi connectivity index (χ3v) is 4.98. The number of thiazole rings is 1. The van der Waals surface area contributed by atoms with Gasteiger partial charge in [0.1, 0.15) is 0 Å². The Morgan fingerprint density at radius 1 is 1.53 bits per heavy atom. The summed E-state index contributed by atoms with van der Waals surface area (Å²) in [5.74, 6) is 0. The molecule has 15 heavy (non-hydrogen) atoms. The highest BCUT2D eigenvalue weighted by molar-refractivity contribution is 9.10. The molecule has 0 aliphatic carbocycles. The van der Waals surface area contributed by atoms with E-state index in [1.807, 2.05) is 18.8 Å². The Kier molecular flexibility index (Phi) is 3.91. The van der Waals surface area contributed by atoms with E-state index in [9.17, 15) is 0 Å². The average Bonchev–Trinajstić information content (AvgIpc) is 2.85. The van der Waals surface area contributed by atoms with Gasteiger partial charge in [-0.25, -0.2) is 0 Å². The number of hydrogen-bond donors (Lipinski definition) is 1. The van der Waals surface area contributed by atoms with Gasteiger partial charge in [-0.3, -0.25) is 4.98 Å². The van der Waals surface area contributed by atoms with Gasteiger partial charge in [0.2, 0.25) is 0 Å². The van der Waals surface area contributed by atoms with Crippen LogP contribution in [-0.2, 0) is 6.42 Å². The Morgan fingerprint density at radius 3 is 2.93 bits per heavy atom. The summed E-state index contributed by atoms with van der Waals surface area (Å²) in [7, 11) is 2.00. The van der Waals surface area contributed by atoms with Gasteiger partial charge < -0.3 is 5.32 Å². The second-order valence-corrected chi connectivity index (χ2v) is 5.92. The fourth-order valence-electron chi connectivity index (χ4n) is 1.42. The summed E-state index contributed by atoms with van der Waals surface area (Å²) >= 11 is 7.06. The molecular weight excluding hydrogens is 292 g/mol. The lowest BCUT2D eigenvalue weighted by molar-refractivity contribution is 0.604. The van der Waals surface area contributed by atoms with Crippen molar-refractivity contribution in [1.82, 2.24) is 10.3 Å². The molecule has 0 aliphatic rings. The quantitative estimate of drug-likeness (QED) is 0.935. The van der Waals surface area contributed by atoms with Gasteiger partial charge in [-0.15, -0.1) is 22.7 Å².